The normalized spacial score (nSPS) is 14.3. The maximum absolute atomic E-state index is 11.7. The van der Waals surface area contributed by atoms with Crippen molar-refractivity contribution in [3.05, 3.63) is 52.5 Å². The molecular formula is C21H27N5O2. The summed E-state index contributed by atoms with van der Waals surface area (Å²) < 4.78 is 8.16. The van der Waals surface area contributed by atoms with Crippen LogP contribution >= 0.6 is 0 Å². The van der Waals surface area contributed by atoms with Crippen LogP contribution in [0.2, 0.25) is 0 Å². The Bertz CT molecular complexity index is 1020. The molecule has 1 aliphatic heterocycles. The lowest BCUT2D eigenvalue weighted by Crippen LogP contribution is -2.34. The van der Waals surface area contributed by atoms with Crippen molar-refractivity contribution in [2.24, 2.45) is 0 Å². The Labute approximate surface area is 164 Å². The van der Waals surface area contributed by atoms with Gasteiger partial charge >= 0.3 is 6.03 Å². The van der Waals surface area contributed by atoms with E-state index in [4.69, 9.17) is 4.42 Å². The summed E-state index contributed by atoms with van der Waals surface area (Å²) in [7, 11) is 3.46. The minimum atomic E-state index is -0.108. The molecule has 7 nitrogen and oxygen atoms in total. The van der Waals surface area contributed by atoms with Crippen molar-refractivity contribution in [1.29, 1.82) is 0 Å². The number of furan rings is 1. The van der Waals surface area contributed by atoms with Gasteiger partial charge in [-0.15, -0.1) is 0 Å². The number of amides is 2. The molecular weight excluding hydrogens is 354 g/mol. The summed E-state index contributed by atoms with van der Waals surface area (Å²) in [4.78, 5) is 15.6. The first kappa shape index (κ1) is 18.6. The maximum atomic E-state index is 11.7. The van der Waals surface area contributed by atoms with Gasteiger partial charge in [0.2, 0.25) is 0 Å². The van der Waals surface area contributed by atoms with Gasteiger partial charge in [-0.1, -0.05) is 11.6 Å². The minimum Gasteiger partial charge on any atom is -0.459 e. The predicted molar refractivity (Wildman–Crippen MR) is 108 cm³/mol. The first-order valence-electron chi connectivity index (χ1n) is 9.62. The topological polar surface area (TPSA) is 66.5 Å². The summed E-state index contributed by atoms with van der Waals surface area (Å²) in [5.74, 6) is 1.03. The summed E-state index contributed by atoms with van der Waals surface area (Å²) in [6.07, 6.45) is 0. The summed E-state index contributed by atoms with van der Waals surface area (Å²) in [6.45, 7) is 8.07. The number of hydrogen-bond donors (Lipinski definition) is 1. The van der Waals surface area contributed by atoms with Crippen molar-refractivity contribution < 1.29 is 9.21 Å². The fraction of sp³-hybridized carbons (Fsp3) is 0.429. The molecule has 2 amide bonds. The van der Waals surface area contributed by atoms with E-state index in [-0.39, 0.29) is 6.03 Å². The highest BCUT2D eigenvalue weighted by molar-refractivity contribution is 5.82. The number of carbonyl (C=O) groups excluding carboxylic acids is 1. The molecule has 1 aromatic carbocycles. The Morgan fingerprint density at radius 2 is 2.07 bits per heavy atom. The Hall–Kier alpha value is -2.80. The van der Waals surface area contributed by atoms with Crippen molar-refractivity contribution in [3.8, 4) is 0 Å². The molecule has 0 atom stereocenters. The number of benzene rings is 1. The van der Waals surface area contributed by atoms with Gasteiger partial charge < -0.3 is 14.6 Å². The van der Waals surface area contributed by atoms with Crippen LogP contribution in [0.1, 0.15) is 28.3 Å². The zero-order chi connectivity index (χ0) is 19.8. The second-order valence-electron chi connectivity index (χ2n) is 7.76. The number of fused-ring (bicyclic) bond motifs is 2. The number of urea groups is 1. The number of hydrogen-bond acceptors (Lipinski definition) is 4. The average Bonchev–Trinajstić information content (AvgIpc) is 3.20. The smallest absolute Gasteiger partial charge is 0.317 e. The fourth-order valence-electron chi connectivity index (χ4n) is 3.67. The van der Waals surface area contributed by atoms with Crippen LogP contribution in [0.25, 0.3) is 11.0 Å². The van der Waals surface area contributed by atoms with Crippen LogP contribution < -0.4 is 5.32 Å². The van der Waals surface area contributed by atoms with Crippen molar-refractivity contribution in [2.45, 2.75) is 40.0 Å². The molecule has 0 unspecified atom stereocenters. The molecule has 28 heavy (non-hydrogen) atoms. The van der Waals surface area contributed by atoms with Crippen LogP contribution in [0, 0.1) is 13.8 Å². The molecule has 0 spiro atoms. The monoisotopic (exact) mass is 381 g/mol. The third-order valence-electron chi connectivity index (χ3n) is 5.31. The summed E-state index contributed by atoms with van der Waals surface area (Å²) in [5, 5.41) is 8.69. The van der Waals surface area contributed by atoms with E-state index in [9.17, 15) is 4.79 Å². The van der Waals surface area contributed by atoms with E-state index >= 15 is 0 Å². The van der Waals surface area contributed by atoms with Crippen molar-refractivity contribution >= 4 is 17.0 Å². The third-order valence-corrected chi connectivity index (χ3v) is 5.31. The lowest BCUT2D eigenvalue weighted by molar-refractivity contribution is 0.191. The van der Waals surface area contributed by atoms with Gasteiger partial charge in [-0.2, -0.15) is 5.10 Å². The fourth-order valence-corrected chi connectivity index (χ4v) is 3.67. The zero-order valence-electron chi connectivity index (χ0n) is 17.0. The number of aromatic nitrogens is 2. The van der Waals surface area contributed by atoms with Crippen molar-refractivity contribution in [1.82, 2.24) is 24.9 Å². The summed E-state index contributed by atoms with van der Waals surface area (Å²) in [6, 6.07) is 8.31. The zero-order valence-corrected chi connectivity index (χ0v) is 17.0. The van der Waals surface area contributed by atoms with Gasteiger partial charge in [0.1, 0.15) is 11.3 Å². The van der Waals surface area contributed by atoms with E-state index < -0.39 is 0 Å². The van der Waals surface area contributed by atoms with E-state index in [0.29, 0.717) is 6.54 Å². The van der Waals surface area contributed by atoms with Crippen LogP contribution in [0.4, 0.5) is 4.79 Å². The molecule has 1 aliphatic rings. The quantitative estimate of drug-likeness (QED) is 0.754. The highest BCUT2D eigenvalue weighted by Crippen LogP contribution is 2.28. The highest BCUT2D eigenvalue weighted by atomic mass is 16.3. The van der Waals surface area contributed by atoms with Crippen LogP contribution in [0.5, 0.6) is 0 Å². The van der Waals surface area contributed by atoms with Crippen LogP contribution in [0.3, 0.4) is 0 Å². The van der Waals surface area contributed by atoms with E-state index in [2.05, 4.69) is 53.4 Å². The van der Waals surface area contributed by atoms with Gasteiger partial charge in [0.15, 0.2) is 0 Å². The molecule has 148 valence electrons. The maximum Gasteiger partial charge on any atom is 0.317 e. The largest absolute Gasteiger partial charge is 0.459 e. The Morgan fingerprint density at radius 3 is 2.86 bits per heavy atom. The molecule has 0 bridgehead atoms. The number of rotatable bonds is 4. The molecule has 2 aromatic heterocycles. The average molecular weight is 381 g/mol. The van der Waals surface area contributed by atoms with Crippen molar-refractivity contribution in [2.75, 3.05) is 20.6 Å². The van der Waals surface area contributed by atoms with Gasteiger partial charge in [0.05, 0.1) is 31.0 Å². The van der Waals surface area contributed by atoms with Gasteiger partial charge in [-0.05, 0) is 37.6 Å². The first-order chi connectivity index (χ1) is 13.4. The number of nitrogens with one attached hydrogen (secondary N) is 1. The Morgan fingerprint density at radius 1 is 1.25 bits per heavy atom. The number of carbonyl (C=O) groups is 1. The molecule has 0 radical (unpaired) electrons. The molecule has 0 saturated heterocycles. The lowest BCUT2D eigenvalue weighted by atomic mass is 10.1. The molecule has 3 heterocycles. The van der Waals surface area contributed by atoms with E-state index in [1.165, 1.54) is 27.1 Å². The van der Waals surface area contributed by atoms with Crippen LogP contribution in [-0.2, 0) is 26.2 Å². The number of nitrogens with zero attached hydrogens (tertiary/aromatic N) is 4. The predicted octanol–water partition coefficient (Wildman–Crippen LogP) is 3.03. The number of aryl methyl sites for hydroxylation is 2. The van der Waals surface area contributed by atoms with Crippen molar-refractivity contribution in [3.63, 3.8) is 0 Å². The lowest BCUT2D eigenvalue weighted by Gasteiger charge is -2.26. The molecule has 4 rings (SSSR count). The second-order valence-corrected chi connectivity index (χ2v) is 7.76. The van der Waals surface area contributed by atoms with Gasteiger partial charge in [-0.3, -0.25) is 9.58 Å². The van der Waals surface area contributed by atoms with Gasteiger partial charge in [0, 0.05) is 32.6 Å². The van der Waals surface area contributed by atoms with Gasteiger partial charge in [0.25, 0.3) is 0 Å². The standard InChI is InChI=1S/C21H27N5O2/c1-14-5-6-19-18(9-14)15(2)20(28-19)13-25-7-8-26-17(12-25)10-16(23-26)11-22-21(27)24(3)4/h5-6,9-10H,7-8,11-13H2,1-4H3,(H,22,27). The molecule has 3 aromatic rings. The minimum absolute atomic E-state index is 0.108. The Balaban J connectivity index is 1.44. The van der Waals surface area contributed by atoms with Crippen LogP contribution in [0.15, 0.2) is 28.7 Å². The first-order valence-corrected chi connectivity index (χ1v) is 9.62. The third kappa shape index (κ3) is 3.62. The Kier molecular flexibility index (Phi) is 4.85. The van der Waals surface area contributed by atoms with E-state index in [0.717, 1.165) is 43.2 Å². The molecule has 0 fully saturated rings. The van der Waals surface area contributed by atoms with E-state index in [1.807, 2.05) is 4.68 Å². The van der Waals surface area contributed by atoms with E-state index in [1.54, 1.807) is 14.1 Å². The summed E-state index contributed by atoms with van der Waals surface area (Å²) >= 11 is 0. The summed E-state index contributed by atoms with van der Waals surface area (Å²) in [5.41, 5.74) is 5.50. The molecule has 1 N–H and O–H groups in total. The second kappa shape index (κ2) is 7.31. The molecule has 0 aliphatic carbocycles. The molecule has 7 heteroatoms. The SMILES string of the molecule is Cc1ccc2oc(CN3CCn4nc(CNC(=O)N(C)C)cc4C3)c(C)c2c1. The van der Waals surface area contributed by atoms with Crippen LogP contribution in [-0.4, -0.2) is 46.3 Å². The van der Waals surface area contributed by atoms with Gasteiger partial charge in [-0.25, -0.2) is 4.79 Å². The molecule has 0 saturated carbocycles. The highest BCUT2D eigenvalue weighted by Gasteiger charge is 2.21.